The third-order valence-electron chi connectivity index (χ3n) is 11.4. The quantitative estimate of drug-likeness (QED) is 0.170. The first kappa shape index (κ1) is 31.7. The van der Waals surface area contributed by atoms with Crippen LogP contribution in [0.25, 0.3) is 53.2 Å². The third-order valence-corrected chi connectivity index (χ3v) is 12.5. The maximum Gasteiger partial charge on any atom is 0.146 e. The van der Waals surface area contributed by atoms with E-state index in [1.165, 1.54) is 75.5 Å². The molecule has 0 amide bonds. The lowest BCUT2D eigenvalue weighted by molar-refractivity contribution is 0.768. The number of hydrogen-bond acceptors (Lipinski definition) is 3. The monoisotopic (exact) mass is 718 g/mol. The first-order chi connectivity index (χ1) is 27.3. The summed E-state index contributed by atoms with van der Waals surface area (Å²) in [7, 11) is 0. The van der Waals surface area contributed by atoms with Crippen LogP contribution in [0.4, 0.5) is 17.2 Å². The Morgan fingerprint density at radius 2 is 1.07 bits per heavy atom. The van der Waals surface area contributed by atoms with Gasteiger partial charge in [-0.3, -0.25) is 4.90 Å². The van der Waals surface area contributed by atoms with Crippen molar-refractivity contribution in [2.45, 2.75) is 5.41 Å². The second kappa shape index (κ2) is 12.7. The normalized spacial score (nSPS) is 12.9. The molecule has 0 bridgehead atoms. The van der Waals surface area contributed by atoms with Crippen LogP contribution in [-0.4, -0.2) is 4.98 Å². The van der Waals surface area contributed by atoms with Gasteiger partial charge in [0.05, 0.1) is 11.1 Å². The molecule has 1 aliphatic carbocycles. The van der Waals surface area contributed by atoms with Gasteiger partial charge in [0.1, 0.15) is 5.82 Å². The molecule has 1 aliphatic rings. The van der Waals surface area contributed by atoms with Gasteiger partial charge in [0.2, 0.25) is 0 Å². The molecule has 3 heteroatoms. The molecule has 8 aromatic carbocycles. The minimum atomic E-state index is -0.513. The second-order valence-corrected chi connectivity index (χ2v) is 15.4. The van der Waals surface area contributed by atoms with Crippen LogP contribution in [0.5, 0.6) is 0 Å². The highest BCUT2D eigenvalue weighted by molar-refractivity contribution is 7.26. The molecule has 11 rings (SSSR count). The fourth-order valence-corrected chi connectivity index (χ4v) is 10.2. The Hall–Kier alpha value is -6.81. The van der Waals surface area contributed by atoms with E-state index in [-0.39, 0.29) is 0 Å². The number of nitrogens with zero attached hydrogens (tertiary/aromatic N) is 2. The van der Waals surface area contributed by atoms with Gasteiger partial charge in [0, 0.05) is 37.6 Å². The average Bonchev–Trinajstić information content (AvgIpc) is 3.78. The van der Waals surface area contributed by atoms with E-state index in [9.17, 15) is 0 Å². The zero-order valence-electron chi connectivity index (χ0n) is 29.9. The number of thiophene rings is 1. The van der Waals surface area contributed by atoms with Gasteiger partial charge in [0.25, 0.3) is 0 Å². The van der Waals surface area contributed by atoms with E-state index in [2.05, 4.69) is 205 Å². The van der Waals surface area contributed by atoms with Gasteiger partial charge in [0.15, 0.2) is 0 Å². The zero-order chi connectivity index (χ0) is 36.3. The molecule has 2 nitrogen and oxygen atoms in total. The lowest BCUT2D eigenvalue weighted by Crippen LogP contribution is -2.28. The van der Waals surface area contributed by atoms with Crippen LogP contribution in [0.15, 0.2) is 206 Å². The predicted molar refractivity (Wildman–Crippen MR) is 232 cm³/mol. The first-order valence-electron chi connectivity index (χ1n) is 18.8. The summed E-state index contributed by atoms with van der Waals surface area (Å²) < 4.78 is 2.48. The van der Waals surface area contributed by atoms with E-state index >= 15 is 0 Å². The molecule has 0 aliphatic heterocycles. The van der Waals surface area contributed by atoms with Crippen LogP contribution in [0, 0.1) is 0 Å². The first-order valence-corrected chi connectivity index (χ1v) is 19.6. The molecule has 0 spiro atoms. The largest absolute Gasteiger partial charge is 0.294 e. The molecule has 10 aromatic rings. The maximum atomic E-state index is 5.31. The lowest BCUT2D eigenvalue weighted by atomic mass is 9.68. The van der Waals surface area contributed by atoms with Crippen LogP contribution in [0.3, 0.4) is 0 Å². The number of benzene rings is 8. The van der Waals surface area contributed by atoms with Gasteiger partial charge in [-0.1, -0.05) is 164 Å². The van der Waals surface area contributed by atoms with Gasteiger partial charge < -0.3 is 0 Å². The number of hydrogen-bond donors (Lipinski definition) is 0. The van der Waals surface area contributed by atoms with E-state index in [1.54, 1.807) is 0 Å². The molecular weight excluding hydrogens is 685 g/mol. The average molecular weight is 719 g/mol. The summed E-state index contributed by atoms with van der Waals surface area (Å²) in [6.45, 7) is 0. The summed E-state index contributed by atoms with van der Waals surface area (Å²) in [5.41, 5.74) is 11.5. The fourth-order valence-electron chi connectivity index (χ4n) is 9.03. The molecule has 0 saturated heterocycles. The summed E-state index contributed by atoms with van der Waals surface area (Å²) in [6, 6.07) is 73.1. The molecule has 0 atom stereocenters. The zero-order valence-corrected chi connectivity index (χ0v) is 30.7. The Morgan fingerprint density at radius 3 is 1.80 bits per heavy atom. The van der Waals surface area contributed by atoms with Gasteiger partial charge in [-0.2, -0.15) is 0 Å². The summed E-state index contributed by atoms with van der Waals surface area (Å²) in [4.78, 5) is 7.73. The third kappa shape index (κ3) is 4.83. The summed E-state index contributed by atoms with van der Waals surface area (Å²) >= 11 is 1.84. The number of anilines is 3. The van der Waals surface area contributed by atoms with Crippen molar-refractivity contribution in [3.8, 4) is 22.3 Å². The Labute approximate surface area is 324 Å². The summed E-state index contributed by atoms with van der Waals surface area (Å²) in [5, 5.41) is 4.87. The summed E-state index contributed by atoms with van der Waals surface area (Å²) in [6.07, 6.45) is 1.98. The molecule has 2 heterocycles. The molecule has 0 radical (unpaired) electrons. The van der Waals surface area contributed by atoms with E-state index < -0.39 is 5.41 Å². The van der Waals surface area contributed by atoms with Crippen LogP contribution in [-0.2, 0) is 5.41 Å². The standard InChI is InChI=1S/C52H34N2S/c1-4-15-35(16-5-1)36-27-29-41(30-28-36)54(51-50-43-33-37-17-10-11-18-38(37)34-48(43)55-47(50)31-32-53-51)46-26-14-25-45-49(46)42-23-12-13-24-44(42)52(45,39-19-6-2-7-20-39)40-21-8-3-9-22-40/h1-34H. The fraction of sp³-hybridized carbons (Fsp3) is 0.0192. The molecular formula is C52H34N2S. The topological polar surface area (TPSA) is 16.1 Å². The Morgan fingerprint density at radius 1 is 0.473 bits per heavy atom. The summed E-state index contributed by atoms with van der Waals surface area (Å²) in [5.74, 6) is 0.925. The number of aromatic nitrogens is 1. The Bertz CT molecular complexity index is 2980. The Balaban J connectivity index is 1.23. The molecule has 0 saturated carbocycles. The van der Waals surface area contributed by atoms with Crippen molar-refractivity contribution in [1.82, 2.24) is 4.98 Å². The molecule has 258 valence electrons. The van der Waals surface area contributed by atoms with E-state index in [0.29, 0.717) is 0 Å². The van der Waals surface area contributed by atoms with E-state index in [1.807, 2.05) is 17.5 Å². The van der Waals surface area contributed by atoms with Crippen LogP contribution in [0.2, 0.25) is 0 Å². The predicted octanol–water partition coefficient (Wildman–Crippen LogP) is 14.1. The lowest BCUT2D eigenvalue weighted by Gasteiger charge is -2.34. The van der Waals surface area contributed by atoms with Gasteiger partial charge >= 0.3 is 0 Å². The van der Waals surface area contributed by atoms with Gasteiger partial charge in [-0.25, -0.2) is 4.98 Å². The number of pyridine rings is 1. The van der Waals surface area contributed by atoms with Crippen molar-refractivity contribution in [2.75, 3.05) is 4.90 Å². The van der Waals surface area contributed by atoms with Crippen molar-refractivity contribution in [3.63, 3.8) is 0 Å². The van der Waals surface area contributed by atoms with E-state index in [0.717, 1.165) is 17.2 Å². The minimum absolute atomic E-state index is 0.513. The van der Waals surface area contributed by atoms with Crippen LogP contribution in [0.1, 0.15) is 22.3 Å². The van der Waals surface area contributed by atoms with Crippen molar-refractivity contribution >= 4 is 59.5 Å². The van der Waals surface area contributed by atoms with Gasteiger partial charge in [-0.05, 0) is 86.1 Å². The molecule has 0 unspecified atom stereocenters. The molecule has 2 aromatic heterocycles. The van der Waals surface area contributed by atoms with Crippen molar-refractivity contribution in [3.05, 3.63) is 229 Å². The number of rotatable bonds is 6. The van der Waals surface area contributed by atoms with Crippen molar-refractivity contribution in [2.24, 2.45) is 0 Å². The molecule has 55 heavy (non-hydrogen) atoms. The number of fused-ring (bicyclic) bond motifs is 7. The van der Waals surface area contributed by atoms with Crippen molar-refractivity contribution < 1.29 is 0 Å². The van der Waals surface area contributed by atoms with Gasteiger partial charge in [-0.15, -0.1) is 11.3 Å². The van der Waals surface area contributed by atoms with E-state index in [4.69, 9.17) is 4.98 Å². The smallest absolute Gasteiger partial charge is 0.146 e. The maximum absolute atomic E-state index is 5.31. The highest BCUT2D eigenvalue weighted by Gasteiger charge is 2.47. The highest BCUT2D eigenvalue weighted by atomic mass is 32.1. The minimum Gasteiger partial charge on any atom is -0.294 e. The molecule has 0 N–H and O–H groups in total. The molecule has 0 fully saturated rings. The second-order valence-electron chi connectivity index (χ2n) is 14.3. The SMILES string of the molecule is c1ccc(-c2ccc(N(c3cccc4c3-c3ccccc3C4(c3ccccc3)c3ccccc3)c3nccc4sc5cc6ccccc6cc5c34)cc2)cc1. The Kier molecular flexibility index (Phi) is 7.29. The highest BCUT2D eigenvalue weighted by Crippen LogP contribution is 2.60. The van der Waals surface area contributed by atoms with Crippen molar-refractivity contribution in [1.29, 1.82) is 0 Å². The van der Waals surface area contributed by atoms with Crippen LogP contribution < -0.4 is 4.90 Å². The van der Waals surface area contributed by atoms with Crippen LogP contribution >= 0.6 is 11.3 Å².